The third kappa shape index (κ3) is 9.06. The topological polar surface area (TPSA) is 66.8 Å². The minimum atomic E-state index is -4.33. The van der Waals surface area contributed by atoms with Crippen molar-refractivity contribution in [3.63, 3.8) is 0 Å². The van der Waals surface area contributed by atoms with Gasteiger partial charge in [-0.05, 0) is 18.8 Å². The van der Waals surface area contributed by atoms with Crippen LogP contribution in [0.2, 0.25) is 0 Å². The Balaban J connectivity index is 4.09. The lowest BCUT2D eigenvalue weighted by atomic mass is 9.97. The van der Waals surface area contributed by atoms with Crippen LogP contribution in [0.15, 0.2) is 0 Å². The largest absolute Gasteiger partial charge is 0.469 e. The highest BCUT2D eigenvalue weighted by Gasteiger charge is 2.22. The van der Waals surface area contributed by atoms with Gasteiger partial charge >= 0.3 is 7.82 Å². The summed E-state index contributed by atoms with van der Waals surface area (Å²) in [5.41, 5.74) is 0. The van der Waals surface area contributed by atoms with E-state index in [-0.39, 0.29) is 6.10 Å². The number of hydrogen-bond donors (Lipinski definition) is 2. The molecule has 0 amide bonds. The molecule has 5 heteroatoms. The molecule has 0 aliphatic carbocycles. The minimum absolute atomic E-state index is 0.308. The molecule has 0 fully saturated rings. The van der Waals surface area contributed by atoms with Crippen LogP contribution in [0.3, 0.4) is 0 Å². The molecule has 2 unspecified atom stereocenters. The summed E-state index contributed by atoms with van der Waals surface area (Å²) in [7, 11) is -4.33. The van der Waals surface area contributed by atoms with E-state index < -0.39 is 7.82 Å². The van der Waals surface area contributed by atoms with Gasteiger partial charge in [0, 0.05) is 0 Å². The summed E-state index contributed by atoms with van der Waals surface area (Å²) in [5, 5.41) is 0. The fourth-order valence-corrected chi connectivity index (χ4v) is 2.37. The zero-order valence-corrected chi connectivity index (χ0v) is 10.7. The Hall–Kier alpha value is 0.110. The van der Waals surface area contributed by atoms with Gasteiger partial charge in [0.2, 0.25) is 0 Å². The molecule has 92 valence electrons. The van der Waals surface area contributed by atoms with Crippen molar-refractivity contribution >= 4 is 7.82 Å². The lowest BCUT2D eigenvalue weighted by molar-refractivity contribution is 0.106. The Labute approximate surface area is 92.3 Å². The van der Waals surface area contributed by atoms with Crippen LogP contribution in [-0.2, 0) is 9.09 Å². The molecule has 2 atom stereocenters. The Bertz CT molecular complexity index is 202. The molecule has 0 radical (unpaired) electrons. The molecule has 0 aliphatic rings. The first-order valence-corrected chi connectivity index (χ1v) is 7.16. The molecule has 0 aromatic heterocycles. The first-order valence-electron chi connectivity index (χ1n) is 5.63. The van der Waals surface area contributed by atoms with Crippen LogP contribution in [0.25, 0.3) is 0 Å². The minimum Gasteiger partial charge on any atom is -0.303 e. The van der Waals surface area contributed by atoms with Crippen molar-refractivity contribution in [3.05, 3.63) is 0 Å². The highest BCUT2D eigenvalue weighted by Crippen LogP contribution is 2.40. The second-order valence-corrected chi connectivity index (χ2v) is 5.33. The Morgan fingerprint density at radius 3 is 2.13 bits per heavy atom. The molecule has 0 saturated heterocycles. The van der Waals surface area contributed by atoms with Crippen molar-refractivity contribution in [1.82, 2.24) is 0 Å². The highest BCUT2D eigenvalue weighted by molar-refractivity contribution is 7.46. The molecule has 15 heavy (non-hydrogen) atoms. The van der Waals surface area contributed by atoms with Crippen LogP contribution < -0.4 is 0 Å². The first-order chi connectivity index (χ1) is 6.89. The molecule has 0 saturated carbocycles. The van der Waals surface area contributed by atoms with Crippen molar-refractivity contribution in [2.45, 2.75) is 59.0 Å². The molecule has 0 heterocycles. The molecule has 0 rings (SSSR count). The molecule has 0 spiro atoms. The van der Waals surface area contributed by atoms with E-state index >= 15 is 0 Å². The Morgan fingerprint density at radius 2 is 1.73 bits per heavy atom. The maximum atomic E-state index is 10.7. The van der Waals surface area contributed by atoms with Crippen LogP contribution in [0.5, 0.6) is 0 Å². The van der Waals surface area contributed by atoms with Gasteiger partial charge in [0.05, 0.1) is 6.10 Å². The van der Waals surface area contributed by atoms with Gasteiger partial charge in [-0.1, -0.05) is 40.0 Å². The van der Waals surface area contributed by atoms with Crippen molar-refractivity contribution in [1.29, 1.82) is 0 Å². The standard InChI is InChI=1S/C10H23O4P/c1-4-6-9(3)8-10(7-5-2)14-15(11,12)13/h9-10H,4-8H2,1-3H3,(H2,11,12,13). The van der Waals surface area contributed by atoms with Gasteiger partial charge in [0.15, 0.2) is 0 Å². The summed E-state index contributed by atoms with van der Waals surface area (Å²) in [6.07, 6.45) is 4.17. The fraction of sp³-hybridized carbons (Fsp3) is 1.00. The summed E-state index contributed by atoms with van der Waals surface area (Å²) in [4.78, 5) is 17.5. The van der Waals surface area contributed by atoms with Crippen molar-refractivity contribution in [3.8, 4) is 0 Å². The lowest BCUT2D eigenvalue weighted by Crippen LogP contribution is -2.15. The van der Waals surface area contributed by atoms with Crippen molar-refractivity contribution in [2.24, 2.45) is 5.92 Å². The quantitative estimate of drug-likeness (QED) is 0.638. The maximum Gasteiger partial charge on any atom is 0.469 e. The Morgan fingerprint density at radius 1 is 1.20 bits per heavy atom. The van der Waals surface area contributed by atoms with Crippen molar-refractivity contribution in [2.75, 3.05) is 0 Å². The van der Waals surface area contributed by atoms with Gasteiger partial charge in [0.25, 0.3) is 0 Å². The van der Waals surface area contributed by atoms with E-state index in [1.54, 1.807) is 0 Å². The molecular weight excluding hydrogens is 215 g/mol. The van der Waals surface area contributed by atoms with Gasteiger partial charge in [0.1, 0.15) is 0 Å². The predicted octanol–water partition coefficient (Wildman–Crippen LogP) is 3.09. The normalized spacial score (nSPS) is 16.3. The smallest absolute Gasteiger partial charge is 0.303 e. The van der Waals surface area contributed by atoms with Crippen LogP contribution in [0.1, 0.15) is 52.9 Å². The van der Waals surface area contributed by atoms with E-state index in [4.69, 9.17) is 14.3 Å². The fourth-order valence-electron chi connectivity index (χ4n) is 1.79. The zero-order chi connectivity index (χ0) is 11.9. The number of rotatable bonds is 8. The zero-order valence-electron chi connectivity index (χ0n) is 9.85. The predicted molar refractivity (Wildman–Crippen MR) is 60.5 cm³/mol. The molecule has 4 nitrogen and oxygen atoms in total. The van der Waals surface area contributed by atoms with E-state index in [1.807, 2.05) is 6.92 Å². The summed E-state index contributed by atoms with van der Waals surface area (Å²) in [5.74, 6) is 0.457. The second kappa shape index (κ2) is 7.39. The van der Waals surface area contributed by atoms with E-state index in [0.29, 0.717) is 12.3 Å². The van der Waals surface area contributed by atoms with Crippen LogP contribution >= 0.6 is 7.82 Å². The van der Waals surface area contributed by atoms with Gasteiger partial charge < -0.3 is 9.79 Å². The van der Waals surface area contributed by atoms with Gasteiger partial charge in [-0.3, -0.25) is 4.52 Å². The Kier molecular flexibility index (Phi) is 7.45. The van der Waals surface area contributed by atoms with Gasteiger partial charge in [-0.25, -0.2) is 4.57 Å². The molecule has 2 N–H and O–H groups in total. The third-order valence-corrected chi connectivity index (χ3v) is 2.92. The maximum absolute atomic E-state index is 10.7. The molecule has 0 aliphatic heterocycles. The molecule has 0 aromatic rings. The van der Waals surface area contributed by atoms with Gasteiger partial charge in [-0.15, -0.1) is 0 Å². The summed E-state index contributed by atoms with van der Waals surface area (Å²) >= 11 is 0. The monoisotopic (exact) mass is 238 g/mol. The average molecular weight is 238 g/mol. The number of hydrogen-bond acceptors (Lipinski definition) is 2. The van der Waals surface area contributed by atoms with Crippen LogP contribution in [-0.4, -0.2) is 15.9 Å². The summed E-state index contributed by atoms with van der Waals surface area (Å²) in [6.45, 7) is 6.19. The van der Waals surface area contributed by atoms with E-state index in [9.17, 15) is 4.57 Å². The van der Waals surface area contributed by atoms with E-state index in [1.165, 1.54) is 0 Å². The molecule has 0 aromatic carbocycles. The van der Waals surface area contributed by atoms with E-state index in [0.717, 1.165) is 25.7 Å². The summed E-state index contributed by atoms with van der Waals surface area (Å²) < 4.78 is 15.5. The third-order valence-electron chi connectivity index (χ3n) is 2.34. The SMILES string of the molecule is CCCC(C)CC(CCC)OP(=O)(O)O. The van der Waals surface area contributed by atoms with Crippen LogP contribution in [0, 0.1) is 5.92 Å². The first kappa shape index (κ1) is 15.1. The number of phosphoric ester groups is 1. The van der Waals surface area contributed by atoms with Crippen molar-refractivity contribution < 1.29 is 18.9 Å². The average Bonchev–Trinajstić information content (AvgIpc) is 2.01. The highest BCUT2D eigenvalue weighted by atomic mass is 31.2. The van der Waals surface area contributed by atoms with Crippen LogP contribution in [0.4, 0.5) is 0 Å². The summed E-state index contributed by atoms with van der Waals surface area (Å²) in [6, 6.07) is 0. The second-order valence-electron chi connectivity index (χ2n) is 4.14. The molecular formula is C10H23O4P. The lowest BCUT2D eigenvalue weighted by Gasteiger charge is -2.20. The van der Waals surface area contributed by atoms with E-state index in [2.05, 4.69) is 13.8 Å². The van der Waals surface area contributed by atoms with Gasteiger partial charge in [-0.2, -0.15) is 0 Å². The number of phosphoric acid groups is 1. The molecule has 0 bridgehead atoms.